The Labute approximate surface area is 205 Å². The van der Waals surface area contributed by atoms with Crippen molar-refractivity contribution < 1.29 is 9.13 Å². The van der Waals surface area contributed by atoms with Crippen LogP contribution >= 0.6 is 11.6 Å². The van der Waals surface area contributed by atoms with Gasteiger partial charge in [-0.15, -0.1) is 0 Å². The monoisotopic (exact) mass is 463 g/mol. The van der Waals surface area contributed by atoms with Gasteiger partial charge in [-0.2, -0.15) is 0 Å². The second-order valence-electron chi connectivity index (χ2n) is 6.43. The van der Waals surface area contributed by atoms with Crippen LogP contribution in [-0.2, 0) is 6.61 Å². The predicted molar refractivity (Wildman–Crippen MR) is 110 cm³/mol. The van der Waals surface area contributed by atoms with Crippen molar-refractivity contribution in [2.24, 2.45) is 0 Å². The molecule has 0 bridgehead atoms. The minimum atomic E-state index is -0.289. The normalized spacial score (nSPS) is 10.9. The van der Waals surface area contributed by atoms with E-state index >= 15 is 0 Å². The van der Waals surface area contributed by atoms with E-state index in [4.69, 9.17) is 16.3 Å². The fourth-order valence-corrected chi connectivity index (χ4v) is 4.24. The van der Waals surface area contributed by atoms with Gasteiger partial charge in [0.1, 0.15) is 5.82 Å². The first-order valence-electron chi connectivity index (χ1n) is 8.74. The van der Waals surface area contributed by atoms with E-state index in [2.05, 4.69) is 27.4 Å². The molecule has 0 saturated carbocycles. The van der Waals surface area contributed by atoms with Gasteiger partial charge in [-0.05, 0) is 12.1 Å². The fraction of sp³-hybridized carbons (Fsp3) is 0.0476. The SMILES string of the molecule is Fc1cccc(COc2ccc(Nc3ncnc4cc[c]([Rb])cc34)cc2Cl)c1. The Morgan fingerprint density at radius 1 is 1.04 bits per heavy atom. The number of aromatic nitrogens is 2. The van der Waals surface area contributed by atoms with Gasteiger partial charge in [-0.25, -0.2) is 4.39 Å². The van der Waals surface area contributed by atoms with E-state index < -0.39 is 0 Å². The van der Waals surface area contributed by atoms with Crippen LogP contribution in [0, 0.1) is 5.82 Å². The molecule has 0 aliphatic heterocycles. The molecule has 1 N–H and O–H groups in total. The van der Waals surface area contributed by atoms with E-state index in [1.54, 1.807) is 30.6 Å². The molecule has 28 heavy (non-hydrogen) atoms. The summed E-state index contributed by atoms with van der Waals surface area (Å²) < 4.78 is 20.3. The molecule has 4 rings (SSSR count). The molecule has 4 aromatic rings. The third-order valence-corrected chi connectivity index (χ3v) is 6.09. The second-order valence-corrected chi connectivity index (χ2v) is 9.68. The van der Waals surface area contributed by atoms with Crippen LogP contribution in [0.25, 0.3) is 10.9 Å². The van der Waals surface area contributed by atoms with Crippen LogP contribution in [0.5, 0.6) is 5.75 Å². The smallest absolute Gasteiger partial charge is 0.0197 e. The van der Waals surface area contributed by atoms with Crippen molar-refractivity contribution in [2.75, 3.05) is 5.32 Å². The van der Waals surface area contributed by atoms with Crippen LogP contribution in [0.15, 0.2) is 67.0 Å². The van der Waals surface area contributed by atoms with Crippen LogP contribution in [0.2, 0.25) is 5.02 Å². The Morgan fingerprint density at radius 3 is 2.75 bits per heavy atom. The molecule has 0 radical (unpaired) electrons. The summed E-state index contributed by atoms with van der Waals surface area (Å²) in [6.45, 7) is 0.242. The van der Waals surface area contributed by atoms with Crippen molar-refractivity contribution in [1.29, 1.82) is 0 Å². The zero-order valence-corrected chi connectivity index (χ0v) is 20.8. The minimum absolute atomic E-state index is 0.242. The van der Waals surface area contributed by atoms with Crippen molar-refractivity contribution in [3.05, 3.63) is 83.4 Å². The van der Waals surface area contributed by atoms with Gasteiger partial charge in [0.05, 0.1) is 0 Å². The number of hydrogen-bond acceptors (Lipinski definition) is 4. The van der Waals surface area contributed by atoms with E-state index in [0.29, 0.717) is 66.3 Å². The van der Waals surface area contributed by atoms with Gasteiger partial charge in [-0.3, -0.25) is 0 Å². The van der Waals surface area contributed by atoms with Crippen molar-refractivity contribution in [3.8, 4) is 5.75 Å². The second kappa shape index (κ2) is 8.97. The first kappa shape index (κ1) is 19.9. The molecule has 0 saturated heterocycles. The van der Waals surface area contributed by atoms with Crippen LogP contribution in [0.3, 0.4) is 0 Å². The van der Waals surface area contributed by atoms with E-state index in [0.717, 1.165) is 28.0 Å². The van der Waals surface area contributed by atoms with Crippen LogP contribution in [-0.4, -0.2) is 65.5 Å². The molecule has 1 heterocycles. The van der Waals surface area contributed by atoms with Gasteiger partial charge in [0.15, 0.2) is 0 Å². The summed E-state index contributed by atoms with van der Waals surface area (Å²) in [6, 6.07) is 18.0. The molecule has 134 valence electrons. The molecular weight excluding hydrogens is 450 g/mol. The quantitative estimate of drug-likeness (QED) is 0.472. The molecule has 0 fully saturated rings. The third kappa shape index (κ3) is 4.78. The maximum absolute atomic E-state index is 13.3. The van der Waals surface area contributed by atoms with Crippen molar-refractivity contribution in [2.45, 2.75) is 6.61 Å². The number of hydrogen-bond donors (Lipinski definition) is 1. The number of nitrogens with one attached hydrogen (secondary N) is 1. The van der Waals surface area contributed by atoms with E-state index in [9.17, 15) is 4.39 Å². The topological polar surface area (TPSA) is 47.0 Å². The van der Waals surface area contributed by atoms with E-state index in [1.165, 1.54) is 10.8 Å². The van der Waals surface area contributed by atoms with Crippen LogP contribution < -0.4 is 8.69 Å². The molecular formula is C21H14ClFN3ORb. The molecule has 0 unspecified atom stereocenters. The van der Waals surface area contributed by atoms with Crippen LogP contribution in [0.4, 0.5) is 15.9 Å². The zero-order valence-electron chi connectivity index (χ0n) is 15.1. The summed E-state index contributed by atoms with van der Waals surface area (Å²) in [5.41, 5.74) is 2.44. The Bertz CT molecular complexity index is 1160. The molecule has 0 aliphatic rings. The summed E-state index contributed by atoms with van der Waals surface area (Å²) in [5, 5.41) is 4.76. The standard InChI is InChI=1S/C21H14ClFN3O.Rb/c22-18-11-16(26-21-17-6-1-2-7-19(17)24-13-25-21)8-9-20(18)27-12-14-4-3-5-15(23)10-14;/h2-11,13H,12H2,(H,24,25,26);. The number of benzene rings is 3. The molecule has 7 heteroatoms. The Kier molecular flexibility index (Phi) is 6.38. The summed E-state index contributed by atoms with van der Waals surface area (Å²) >= 11 is 6.78. The Hall–Kier alpha value is -1.37. The van der Waals surface area contributed by atoms with Gasteiger partial charge >= 0.3 is 174 Å². The first-order valence-corrected chi connectivity index (χ1v) is 11.6. The summed E-state index contributed by atoms with van der Waals surface area (Å²) in [4.78, 5) is 8.69. The van der Waals surface area contributed by atoms with Gasteiger partial charge in [0.25, 0.3) is 0 Å². The first-order chi connectivity index (χ1) is 13.6. The number of anilines is 2. The van der Waals surface area contributed by atoms with Gasteiger partial charge in [-0.1, -0.05) is 12.1 Å². The number of ether oxygens (including phenoxy) is 1. The summed E-state index contributed by atoms with van der Waals surface area (Å²) in [7, 11) is 0. The fourth-order valence-electron chi connectivity index (χ4n) is 2.89. The molecule has 0 spiro atoms. The van der Waals surface area contributed by atoms with E-state index in [-0.39, 0.29) is 12.4 Å². The average molecular weight is 464 g/mol. The number of rotatable bonds is 5. The molecule has 3 aromatic carbocycles. The molecule has 0 atom stereocenters. The molecule has 4 nitrogen and oxygen atoms in total. The minimum Gasteiger partial charge on any atom is -0.0197 e. The predicted octanol–water partition coefficient (Wildman–Crippen LogP) is 4.54. The largest absolute Gasteiger partial charge is 0.0197 e. The molecule has 0 amide bonds. The van der Waals surface area contributed by atoms with Crippen molar-refractivity contribution in [1.82, 2.24) is 9.97 Å². The van der Waals surface area contributed by atoms with E-state index in [1.807, 2.05) is 12.1 Å². The van der Waals surface area contributed by atoms with Gasteiger partial charge in [0, 0.05) is 0 Å². The molecule has 1 aromatic heterocycles. The number of fused-ring (bicyclic) bond motifs is 1. The Balaban J connectivity index is 1.53. The van der Waals surface area contributed by atoms with Gasteiger partial charge < -0.3 is 0 Å². The Morgan fingerprint density at radius 2 is 1.93 bits per heavy atom. The summed E-state index contributed by atoms with van der Waals surface area (Å²) in [6.07, 6.45) is 1.54. The maximum atomic E-state index is 13.3. The number of nitrogens with zero attached hydrogens (tertiary/aromatic N) is 2. The third-order valence-electron chi connectivity index (χ3n) is 4.27. The van der Waals surface area contributed by atoms with Gasteiger partial charge in [0.2, 0.25) is 0 Å². The van der Waals surface area contributed by atoms with Crippen molar-refractivity contribution in [3.63, 3.8) is 0 Å². The average Bonchev–Trinajstić information content (AvgIpc) is 2.68. The molecule has 0 aliphatic carbocycles. The maximum Gasteiger partial charge on any atom is -0.0197 e. The number of halogens is 2. The van der Waals surface area contributed by atoms with Crippen LogP contribution in [0.1, 0.15) is 5.56 Å². The summed E-state index contributed by atoms with van der Waals surface area (Å²) in [5.74, 6) is 0.988. The zero-order chi connectivity index (χ0) is 19.5. The van der Waals surface area contributed by atoms with Crippen molar-refractivity contribution >= 4 is 88.2 Å².